The highest BCUT2D eigenvalue weighted by molar-refractivity contribution is 6.39. The van der Waals surface area contributed by atoms with Crippen molar-refractivity contribution in [2.45, 2.75) is 20.3 Å². The first-order chi connectivity index (χ1) is 16.7. The van der Waals surface area contributed by atoms with E-state index in [2.05, 4.69) is 5.32 Å². The molecule has 0 bridgehead atoms. The number of nitrogens with zero attached hydrogens (tertiary/aromatic N) is 1. The van der Waals surface area contributed by atoms with Crippen molar-refractivity contribution >= 4 is 41.2 Å². The lowest BCUT2D eigenvalue weighted by Crippen LogP contribution is -2.54. The second kappa shape index (κ2) is 9.72. The number of urea groups is 1. The summed E-state index contributed by atoms with van der Waals surface area (Å²) >= 11 is 6.53. The first-order valence-corrected chi connectivity index (χ1v) is 11.2. The molecule has 4 amide bonds. The van der Waals surface area contributed by atoms with Gasteiger partial charge in [-0.2, -0.15) is 0 Å². The molecule has 6 nitrogen and oxygen atoms in total. The molecule has 4 rings (SSSR count). The van der Waals surface area contributed by atoms with E-state index in [1.807, 2.05) is 13.0 Å². The van der Waals surface area contributed by atoms with Crippen LogP contribution in [0.5, 0.6) is 5.75 Å². The molecule has 3 aromatic carbocycles. The zero-order valence-electron chi connectivity index (χ0n) is 19.3. The highest BCUT2D eigenvalue weighted by atomic mass is 35.5. The summed E-state index contributed by atoms with van der Waals surface area (Å²) in [5, 5.41) is 2.55. The first-order valence-electron chi connectivity index (χ1n) is 10.8. The van der Waals surface area contributed by atoms with Crippen molar-refractivity contribution < 1.29 is 23.5 Å². The Kier molecular flexibility index (Phi) is 6.71. The Balaban J connectivity index is 1.72. The molecule has 0 saturated carbocycles. The van der Waals surface area contributed by atoms with Crippen molar-refractivity contribution in [3.63, 3.8) is 0 Å². The number of carbonyl (C=O) groups excluding carboxylic acids is 3. The molecular formula is C27H22ClFN2O4. The topological polar surface area (TPSA) is 75.7 Å². The second-order valence-corrected chi connectivity index (χ2v) is 8.65. The van der Waals surface area contributed by atoms with E-state index in [4.69, 9.17) is 16.3 Å². The number of nitrogens with one attached hydrogen (secondary N) is 1. The Morgan fingerprint density at radius 1 is 1.06 bits per heavy atom. The van der Waals surface area contributed by atoms with Crippen LogP contribution >= 0.6 is 11.6 Å². The summed E-state index contributed by atoms with van der Waals surface area (Å²) < 4.78 is 19.1. The molecule has 0 unspecified atom stereocenters. The molecule has 1 saturated heterocycles. The predicted molar refractivity (Wildman–Crippen MR) is 132 cm³/mol. The number of benzene rings is 3. The van der Waals surface area contributed by atoms with Crippen molar-refractivity contribution in [1.82, 2.24) is 5.32 Å². The van der Waals surface area contributed by atoms with Crippen LogP contribution in [0.4, 0.5) is 14.9 Å². The molecule has 0 radical (unpaired) electrons. The Labute approximate surface area is 207 Å². The van der Waals surface area contributed by atoms with Crippen LogP contribution in [0.15, 0.2) is 60.2 Å². The first kappa shape index (κ1) is 24.2. The number of imide groups is 2. The second-order valence-electron chi connectivity index (χ2n) is 8.24. The fourth-order valence-electron chi connectivity index (χ4n) is 3.92. The maximum Gasteiger partial charge on any atom is 0.335 e. The number of methoxy groups -OCH3 is 1. The van der Waals surface area contributed by atoms with Crippen molar-refractivity contribution in [3.05, 3.63) is 98.8 Å². The van der Waals surface area contributed by atoms with Crippen LogP contribution in [0, 0.1) is 19.7 Å². The summed E-state index contributed by atoms with van der Waals surface area (Å²) in [5.74, 6) is -1.49. The smallest absolute Gasteiger partial charge is 0.335 e. The van der Waals surface area contributed by atoms with E-state index in [0.717, 1.165) is 10.5 Å². The highest BCUT2D eigenvalue weighted by Crippen LogP contribution is 2.33. The Morgan fingerprint density at radius 3 is 2.54 bits per heavy atom. The molecule has 1 aliphatic heterocycles. The lowest BCUT2D eigenvalue weighted by molar-refractivity contribution is -0.122. The van der Waals surface area contributed by atoms with Crippen molar-refractivity contribution in [1.29, 1.82) is 0 Å². The van der Waals surface area contributed by atoms with E-state index >= 15 is 0 Å². The van der Waals surface area contributed by atoms with Crippen LogP contribution in [0.3, 0.4) is 0 Å². The van der Waals surface area contributed by atoms with Gasteiger partial charge in [0.1, 0.15) is 17.1 Å². The van der Waals surface area contributed by atoms with E-state index in [9.17, 15) is 18.8 Å². The van der Waals surface area contributed by atoms with Gasteiger partial charge in [-0.05, 0) is 72.5 Å². The minimum absolute atomic E-state index is 0.221. The third-order valence-electron chi connectivity index (χ3n) is 5.68. The number of halogens is 2. The average molecular weight is 493 g/mol. The van der Waals surface area contributed by atoms with Gasteiger partial charge < -0.3 is 4.74 Å². The third kappa shape index (κ3) is 4.95. The number of ether oxygens (including phenoxy) is 1. The molecule has 1 N–H and O–H groups in total. The van der Waals surface area contributed by atoms with Gasteiger partial charge in [0.05, 0.1) is 12.8 Å². The van der Waals surface area contributed by atoms with Crippen LogP contribution in [-0.4, -0.2) is 25.0 Å². The van der Waals surface area contributed by atoms with E-state index in [0.29, 0.717) is 45.1 Å². The standard InChI is InChI=1S/C27H22ClFN2O4/c1-15-7-8-16(2)23(9-15)31-26(33)21(25(32)30-27(31)34)12-18-13-22(28)20(24(14-18)35-3)11-17-5-4-6-19(29)10-17/h4-10,12-14H,11H2,1-3H3,(H,30,32,34)/b21-12+. The van der Waals surface area contributed by atoms with E-state index < -0.39 is 17.8 Å². The van der Waals surface area contributed by atoms with Crippen molar-refractivity contribution in [2.75, 3.05) is 12.0 Å². The molecule has 35 heavy (non-hydrogen) atoms. The van der Waals surface area contributed by atoms with Gasteiger partial charge in [-0.15, -0.1) is 0 Å². The summed E-state index contributed by atoms with van der Waals surface area (Å²) in [6.45, 7) is 3.62. The molecule has 178 valence electrons. The highest BCUT2D eigenvalue weighted by Gasteiger charge is 2.37. The largest absolute Gasteiger partial charge is 0.496 e. The third-order valence-corrected chi connectivity index (χ3v) is 6.02. The SMILES string of the molecule is COc1cc(/C=C2\C(=O)NC(=O)N(c3cc(C)ccc3C)C2=O)cc(Cl)c1Cc1cccc(F)c1. The molecule has 0 spiro atoms. The Hall–Kier alpha value is -3.97. The number of hydrogen-bond acceptors (Lipinski definition) is 4. The van der Waals surface area contributed by atoms with Crippen molar-refractivity contribution in [3.8, 4) is 5.75 Å². The maximum absolute atomic E-state index is 13.6. The molecular weight excluding hydrogens is 471 g/mol. The van der Waals surface area contributed by atoms with Gasteiger partial charge in [-0.3, -0.25) is 14.9 Å². The number of hydrogen-bond donors (Lipinski definition) is 1. The van der Waals surface area contributed by atoms with Crippen LogP contribution in [-0.2, 0) is 16.0 Å². The molecule has 1 fully saturated rings. The Morgan fingerprint density at radius 2 is 1.83 bits per heavy atom. The summed E-state index contributed by atoms with van der Waals surface area (Å²) in [6, 6.07) is 13.9. The number of anilines is 1. The number of barbiturate groups is 1. The monoisotopic (exact) mass is 492 g/mol. The van der Waals surface area contributed by atoms with Crippen LogP contribution in [0.25, 0.3) is 6.08 Å². The fourth-order valence-corrected chi connectivity index (χ4v) is 4.21. The minimum atomic E-state index is -0.813. The quantitative estimate of drug-likeness (QED) is 0.384. The molecule has 1 aliphatic rings. The van der Waals surface area contributed by atoms with Gasteiger partial charge in [0, 0.05) is 17.0 Å². The van der Waals surface area contributed by atoms with E-state index in [-0.39, 0.29) is 11.4 Å². The lowest BCUT2D eigenvalue weighted by Gasteiger charge is -2.28. The summed E-state index contributed by atoms with van der Waals surface area (Å²) in [5.41, 5.74) is 3.52. The summed E-state index contributed by atoms with van der Waals surface area (Å²) in [6.07, 6.45) is 1.69. The molecule has 0 atom stereocenters. The van der Waals surface area contributed by atoms with Gasteiger partial charge in [0.2, 0.25) is 0 Å². The van der Waals surface area contributed by atoms with Gasteiger partial charge in [0.25, 0.3) is 11.8 Å². The Bertz CT molecular complexity index is 1400. The van der Waals surface area contributed by atoms with Crippen LogP contribution in [0.1, 0.15) is 27.8 Å². The van der Waals surface area contributed by atoms with Crippen LogP contribution < -0.4 is 15.0 Å². The van der Waals surface area contributed by atoms with Crippen molar-refractivity contribution in [2.24, 2.45) is 0 Å². The molecule has 3 aromatic rings. The number of rotatable bonds is 5. The van der Waals surface area contributed by atoms with Gasteiger partial charge in [0.15, 0.2) is 0 Å². The van der Waals surface area contributed by atoms with E-state index in [1.54, 1.807) is 43.3 Å². The summed E-state index contributed by atoms with van der Waals surface area (Å²) in [7, 11) is 1.47. The molecule has 0 aliphatic carbocycles. The summed E-state index contributed by atoms with van der Waals surface area (Å²) in [4.78, 5) is 39.4. The number of carbonyl (C=O) groups is 3. The maximum atomic E-state index is 13.6. The molecule has 8 heteroatoms. The zero-order valence-corrected chi connectivity index (χ0v) is 20.1. The minimum Gasteiger partial charge on any atom is -0.496 e. The average Bonchev–Trinajstić information content (AvgIpc) is 2.80. The van der Waals surface area contributed by atoms with Gasteiger partial charge >= 0.3 is 6.03 Å². The predicted octanol–water partition coefficient (Wildman–Crippen LogP) is 5.36. The van der Waals surface area contributed by atoms with Crippen LogP contribution in [0.2, 0.25) is 5.02 Å². The normalized spacial score (nSPS) is 14.9. The van der Waals surface area contributed by atoms with Gasteiger partial charge in [-0.1, -0.05) is 35.9 Å². The van der Waals surface area contributed by atoms with Gasteiger partial charge in [-0.25, -0.2) is 14.1 Å². The number of amides is 4. The zero-order chi connectivity index (χ0) is 25.3. The lowest BCUT2D eigenvalue weighted by atomic mass is 10.00. The molecule has 1 heterocycles. The van der Waals surface area contributed by atoms with E-state index in [1.165, 1.54) is 25.3 Å². The number of aryl methyl sites for hydroxylation is 2. The molecule has 0 aromatic heterocycles. The fraction of sp³-hybridized carbons (Fsp3) is 0.148.